The van der Waals surface area contributed by atoms with E-state index in [2.05, 4.69) is 5.32 Å². The lowest BCUT2D eigenvalue weighted by Gasteiger charge is -2.47. The van der Waals surface area contributed by atoms with Gasteiger partial charge in [0.25, 0.3) is 0 Å². The normalized spacial score (nSPS) is 32.0. The molecule has 0 saturated carbocycles. The van der Waals surface area contributed by atoms with Crippen LogP contribution < -0.4 is 11.1 Å². The van der Waals surface area contributed by atoms with Crippen LogP contribution in [0.5, 0.6) is 0 Å². The van der Waals surface area contributed by atoms with Gasteiger partial charge >= 0.3 is 23.9 Å². The predicted octanol–water partition coefficient (Wildman–Crippen LogP) is -1.86. The van der Waals surface area contributed by atoms with Crippen molar-refractivity contribution in [3.63, 3.8) is 0 Å². The van der Waals surface area contributed by atoms with E-state index < -0.39 is 116 Å². The summed E-state index contributed by atoms with van der Waals surface area (Å²) in [6.45, 7) is 6.66. The number of amides is 2. The molecule has 2 aliphatic rings. The van der Waals surface area contributed by atoms with Crippen molar-refractivity contribution in [2.75, 3.05) is 24.7 Å². The van der Waals surface area contributed by atoms with Crippen LogP contribution in [0.1, 0.15) is 41.5 Å². The first-order chi connectivity index (χ1) is 21.0. The number of esters is 4. The quantitative estimate of drug-likeness (QED) is 0.117. The number of ether oxygens (including phenoxy) is 7. The Balaban J connectivity index is 2.30. The number of primary amides is 1. The molecule has 17 nitrogen and oxygen atoms in total. The fraction of sp³-hybridized carbons (Fsp3) is 0.778. The van der Waals surface area contributed by atoms with Gasteiger partial charge in [0.1, 0.15) is 43.9 Å². The van der Waals surface area contributed by atoms with Crippen LogP contribution in [-0.4, -0.2) is 126 Å². The van der Waals surface area contributed by atoms with Gasteiger partial charge in [-0.2, -0.15) is 11.8 Å². The van der Waals surface area contributed by atoms with Crippen LogP contribution in [0, 0.1) is 11.8 Å². The number of thioether (sulfide) groups is 1. The molecule has 2 saturated heterocycles. The second kappa shape index (κ2) is 17.6. The van der Waals surface area contributed by atoms with Crippen LogP contribution in [-0.2, 0) is 61.9 Å². The van der Waals surface area contributed by atoms with E-state index in [9.17, 15) is 39.0 Å². The smallest absolute Gasteiger partial charge is 0.303 e. The minimum absolute atomic E-state index is 0.0417. The largest absolute Gasteiger partial charge is 0.463 e. The fourth-order valence-corrected chi connectivity index (χ4v) is 5.42. The molecule has 4 unspecified atom stereocenters. The summed E-state index contributed by atoms with van der Waals surface area (Å²) in [5.41, 5.74) is 5.25. The zero-order valence-corrected chi connectivity index (χ0v) is 26.7. The molecular weight excluding hydrogens is 624 g/mol. The van der Waals surface area contributed by atoms with Gasteiger partial charge in [-0.05, 0) is 0 Å². The zero-order chi connectivity index (χ0) is 34.0. The minimum atomic E-state index is -1.73. The van der Waals surface area contributed by atoms with Crippen molar-refractivity contribution >= 4 is 47.5 Å². The van der Waals surface area contributed by atoms with Gasteiger partial charge in [0, 0.05) is 45.3 Å². The van der Waals surface area contributed by atoms with E-state index in [4.69, 9.17) is 38.9 Å². The van der Waals surface area contributed by atoms with E-state index in [-0.39, 0.29) is 5.75 Å². The number of aliphatic hydroxyl groups is 2. The van der Waals surface area contributed by atoms with Gasteiger partial charge in [0.2, 0.25) is 11.8 Å². The lowest BCUT2D eigenvalue weighted by molar-refractivity contribution is -0.341. The van der Waals surface area contributed by atoms with Gasteiger partial charge in [-0.3, -0.25) is 28.8 Å². The highest BCUT2D eigenvalue weighted by Gasteiger charge is 2.53. The van der Waals surface area contributed by atoms with Crippen molar-refractivity contribution in [3.05, 3.63) is 0 Å². The maximum absolute atomic E-state index is 12.6. The second-order valence-electron chi connectivity index (χ2n) is 10.7. The minimum Gasteiger partial charge on any atom is -0.463 e. The molecule has 0 aromatic rings. The van der Waals surface area contributed by atoms with Crippen molar-refractivity contribution in [2.24, 2.45) is 17.6 Å². The Morgan fingerprint density at radius 1 is 0.822 bits per heavy atom. The molecule has 5 N–H and O–H groups in total. The fourth-order valence-electron chi connectivity index (χ4n) is 4.51. The van der Waals surface area contributed by atoms with Crippen LogP contribution in [0.4, 0.5) is 0 Å². The van der Waals surface area contributed by atoms with E-state index in [1.807, 2.05) is 0 Å². The molecule has 0 aromatic heterocycles. The Labute approximate surface area is 264 Å². The molecule has 0 bridgehead atoms. The number of carbonyl (C=O) groups is 6. The molecule has 11 atom stereocenters. The maximum Gasteiger partial charge on any atom is 0.303 e. The molecule has 0 spiro atoms. The molecule has 18 heteroatoms. The third kappa shape index (κ3) is 11.7. The number of hydrogen-bond acceptors (Lipinski definition) is 16. The summed E-state index contributed by atoms with van der Waals surface area (Å²) < 4.78 is 38.4. The molecular formula is C27H42N2O15S. The first-order valence-corrected chi connectivity index (χ1v) is 15.3. The average molecular weight is 667 g/mol. The van der Waals surface area contributed by atoms with Gasteiger partial charge < -0.3 is 54.4 Å². The summed E-state index contributed by atoms with van der Waals surface area (Å²) in [5, 5.41) is 25.1. The van der Waals surface area contributed by atoms with Gasteiger partial charge in [0.05, 0.1) is 11.9 Å². The number of hydrogen-bond donors (Lipinski definition) is 4. The van der Waals surface area contributed by atoms with E-state index >= 15 is 0 Å². The number of rotatable bonds is 14. The molecule has 2 aliphatic heterocycles. The standard InChI is InChI=1S/C27H42N2O15S/c1-11(25(28)37)9-45-10-19(34)29-26-12(2)20(35)22(17(42-26)7-38-13(3)30)44-27-24(41-16(6)33)21(36)23(40-15(5)32)18(43-27)8-39-14(4)31/h11-12,17-18,20-24,26-27,35-36H,7-10H2,1-6H3,(H2,28,37)(H,29,34)/t11-,12-,17?,18?,20?,21?,22+,23-,24-,26+,27-/m0/s1. The number of nitrogens with one attached hydrogen (secondary N) is 1. The van der Waals surface area contributed by atoms with Crippen LogP contribution in [0.25, 0.3) is 0 Å². The van der Waals surface area contributed by atoms with E-state index in [0.29, 0.717) is 5.75 Å². The molecule has 0 aliphatic carbocycles. The molecule has 0 radical (unpaired) electrons. The van der Waals surface area contributed by atoms with Crippen LogP contribution >= 0.6 is 11.8 Å². The van der Waals surface area contributed by atoms with Crippen LogP contribution in [0.2, 0.25) is 0 Å². The van der Waals surface area contributed by atoms with E-state index in [1.165, 1.54) is 11.8 Å². The first-order valence-electron chi connectivity index (χ1n) is 14.1. The highest BCUT2D eigenvalue weighted by atomic mass is 32.2. The number of carbonyl (C=O) groups excluding carboxylic acids is 6. The summed E-state index contributed by atoms with van der Waals surface area (Å²) in [6.07, 6.45) is -12.8. The van der Waals surface area contributed by atoms with Crippen LogP contribution in [0.3, 0.4) is 0 Å². The van der Waals surface area contributed by atoms with E-state index in [0.717, 1.165) is 27.7 Å². The van der Waals surface area contributed by atoms with Crippen molar-refractivity contribution in [1.82, 2.24) is 5.32 Å². The summed E-state index contributed by atoms with van der Waals surface area (Å²) >= 11 is 1.17. The lowest BCUT2D eigenvalue weighted by Crippen LogP contribution is -2.65. The summed E-state index contributed by atoms with van der Waals surface area (Å²) in [7, 11) is 0. The molecule has 256 valence electrons. The lowest BCUT2D eigenvalue weighted by atomic mass is 9.90. The van der Waals surface area contributed by atoms with Crippen LogP contribution in [0.15, 0.2) is 0 Å². The van der Waals surface area contributed by atoms with Gasteiger partial charge in [-0.15, -0.1) is 0 Å². The Morgan fingerprint density at radius 2 is 1.36 bits per heavy atom. The average Bonchev–Trinajstić information content (AvgIpc) is 2.93. The molecule has 2 heterocycles. The summed E-state index contributed by atoms with van der Waals surface area (Å²) in [5.74, 6) is -5.02. The monoisotopic (exact) mass is 666 g/mol. The molecule has 2 rings (SSSR count). The summed E-state index contributed by atoms with van der Waals surface area (Å²) in [4.78, 5) is 70.7. The third-order valence-corrected chi connectivity index (χ3v) is 8.05. The highest BCUT2D eigenvalue weighted by molar-refractivity contribution is 7.99. The first kappa shape index (κ1) is 38.2. The molecule has 45 heavy (non-hydrogen) atoms. The van der Waals surface area contributed by atoms with Crippen molar-refractivity contribution < 1.29 is 72.1 Å². The molecule has 2 fully saturated rings. The SMILES string of the molecule is CC(=O)OCC1O[C@@H](NC(=O)CSC[C@H](C)C(N)=O)[C@@H](C)C(O)[C@@H]1O[C@@H]1OC(COC(C)=O)[C@H](OC(C)=O)C(O)[C@@H]1OC(C)=O. The highest BCUT2D eigenvalue weighted by Crippen LogP contribution is 2.33. The molecule has 2 amide bonds. The number of nitrogens with two attached hydrogens (primary N) is 1. The Morgan fingerprint density at radius 3 is 1.87 bits per heavy atom. The van der Waals surface area contributed by atoms with Gasteiger partial charge in [-0.25, -0.2) is 0 Å². The van der Waals surface area contributed by atoms with Crippen molar-refractivity contribution in [1.29, 1.82) is 0 Å². The second-order valence-corrected chi connectivity index (χ2v) is 11.7. The zero-order valence-electron chi connectivity index (χ0n) is 25.9. The predicted molar refractivity (Wildman–Crippen MR) is 152 cm³/mol. The Hall–Kier alpha value is -3.03. The summed E-state index contributed by atoms with van der Waals surface area (Å²) in [6, 6.07) is 0. The van der Waals surface area contributed by atoms with Crippen molar-refractivity contribution in [3.8, 4) is 0 Å². The van der Waals surface area contributed by atoms with E-state index in [1.54, 1.807) is 13.8 Å². The molecule has 0 aromatic carbocycles. The topological polar surface area (TPSA) is 246 Å². The van der Waals surface area contributed by atoms with Gasteiger partial charge in [0.15, 0.2) is 18.5 Å². The number of aliphatic hydroxyl groups excluding tert-OH is 2. The van der Waals surface area contributed by atoms with Crippen molar-refractivity contribution in [2.45, 2.75) is 96.8 Å². The third-order valence-electron chi connectivity index (χ3n) is 6.84. The maximum atomic E-state index is 12.6. The Kier molecular flexibility index (Phi) is 14.9. The Bertz CT molecular complexity index is 1070. The van der Waals surface area contributed by atoms with Gasteiger partial charge in [-0.1, -0.05) is 13.8 Å².